The molecule has 0 aromatic rings. The summed E-state index contributed by atoms with van der Waals surface area (Å²) >= 11 is 0. The van der Waals surface area contributed by atoms with Crippen LogP contribution in [0.15, 0.2) is 16.3 Å². The lowest BCUT2D eigenvalue weighted by atomic mass is 9.98. The zero-order chi connectivity index (χ0) is 10.1. The van der Waals surface area contributed by atoms with Crippen LogP contribution in [0.3, 0.4) is 0 Å². The predicted octanol–water partition coefficient (Wildman–Crippen LogP) is 0.329. The van der Waals surface area contributed by atoms with Gasteiger partial charge in [-0.1, -0.05) is 12.8 Å². The largest absolute Gasteiger partial charge is 0.397 e. The molecule has 0 unspecified atom stereocenters. The number of hydrogen-bond donors (Lipinski definition) is 2. The Morgan fingerprint density at radius 2 is 2.00 bits per heavy atom. The van der Waals surface area contributed by atoms with Gasteiger partial charge in [0, 0.05) is 5.92 Å². The second-order valence-corrected chi connectivity index (χ2v) is 3.94. The average Bonchev–Trinajstić information content (AvgIpc) is 2.71. The maximum Gasteiger partial charge on any atom is 0.248 e. The van der Waals surface area contributed by atoms with Crippen LogP contribution in [-0.4, -0.2) is 18.2 Å². The van der Waals surface area contributed by atoms with Crippen molar-refractivity contribution in [1.29, 1.82) is 0 Å². The van der Waals surface area contributed by atoms with Crippen LogP contribution in [-0.2, 0) is 4.79 Å². The van der Waals surface area contributed by atoms with Gasteiger partial charge in [-0.3, -0.25) is 9.79 Å². The molecule has 2 rings (SSSR count). The van der Waals surface area contributed by atoms with Crippen LogP contribution in [0.2, 0.25) is 0 Å². The molecule has 2 aliphatic rings. The Morgan fingerprint density at radius 3 is 2.50 bits per heavy atom. The smallest absolute Gasteiger partial charge is 0.248 e. The minimum atomic E-state index is -0.431. The van der Waals surface area contributed by atoms with E-state index >= 15 is 0 Å². The summed E-state index contributed by atoms with van der Waals surface area (Å²) < 4.78 is 0. The molecule has 1 fully saturated rings. The minimum absolute atomic E-state index is 0.382. The Hall–Kier alpha value is -1.32. The first-order valence-electron chi connectivity index (χ1n) is 5.03. The zero-order valence-corrected chi connectivity index (χ0v) is 8.12. The van der Waals surface area contributed by atoms with Gasteiger partial charge in [0.05, 0.1) is 23.5 Å². The fraction of sp³-hybridized carbons (Fsp3) is 0.600. The molecule has 0 aromatic heterocycles. The van der Waals surface area contributed by atoms with Crippen molar-refractivity contribution in [3.8, 4) is 0 Å². The number of nitrogens with two attached hydrogens (primary N) is 2. The number of hydrogen-bond acceptors (Lipinski definition) is 3. The van der Waals surface area contributed by atoms with E-state index in [0.717, 1.165) is 18.6 Å². The van der Waals surface area contributed by atoms with E-state index in [9.17, 15) is 4.79 Å². The number of carbonyl (C=O) groups excluding carboxylic acids is 1. The van der Waals surface area contributed by atoms with Crippen molar-refractivity contribution in [2.75, 3.05) is 6.54 Å². The van der Waals surface area contributed by atoms with Crippen molar-refractivity contribution in [2.45, 2.75) is 25.7 Å². The van der Waals surface area contributed by atoms with Gasteiger partial charge in [0.1, 0.15) is 0 Å². The zero-order valence-electron chi connectivity index (χ0n) is 8.12. The van der Waals surface area contributed by atoms with Gasteiger partial charge < -0.3 is 11.5 Å². The molecule has 4 N–H and O–H groups in total. The normalized spacial score (nSPS) is 23.0. The Labute approximate surface area is 83.1 Å². The van der Waals surface area contributed by atoms with Crippen LogP contribution in [0.4, 0.5) is 0 Å². The third-order valence-corrected chi connectivity index (χ3v) is 3.05. The molecule has 0 bridgehead atoms. The highest BCUT2D eigenvalue weighted by molar-refractivity contribution is 6.11. The molecule has 1 aliphatic carbocycles. The summed E-state index contributed by atoms with van der Waals surface area (Å²) in [6, 6.07) is 0. The SMILES string of the molecule is NC(=O)C1=C(N)C(C2CCCC2)=NC1. The highest BCUT2D eigenvalue weighted by atomic mass is 16.1. The van der Waals surface area contributed by atoms with Gasteiger partial charge >= 0.3 is 0 Å². The van der Waals surface area contributed by atoms with E-state index in [2.05, 4.69) is 4.99 Å². The molecule has 1 amide bonds. The molecule has 0 atom stereocenters. The van der Waals surface area contributed by atoms with Gasteiger partial charge in [-0.15, -0.1) is 0 Å². The molecular weight excluding hydrogens is 178 g/mol. The molecule has 76 valence electrons. The van der Waals surface area contributed by atoms with Crippen LogP contribution < -0.4 is 11.5 Å². The topological polar surface area (TPSA) is 81.5 Å². The molecular formula is C10H15N3O. The first-order valence-corrected chi connectivity index (χ1v) is 5.03. The first-order chi connectivity index (χ1) is 6.70. The lowest BCUT2D eigenvalue weighted by molar-refractivity contribution is -0.114. The van der Waals surface area contributed by atoms with Crippen molar-refractivity contribution < 1.29 is 4.79 Å². The average molecular weight is 193 g/mol. The molecule has 14 heavy (non-hydrogen) atoms. The lowest BCUT2D eigenvalue weighted by Gasteiger charge is -2.09. The van der Waals surface area contributed by atoms with Crippen molar-refractivity contribution in [2.24, 2.45) is 22.4 Å². The summed E-state index contributed by atoms with van der Waals surface area (Å²) in [5.41, 5.74) is 13.0. The van der Waals surface area contributed by atoms with Crippen molar-refractivity contribution in [1.82, 2.24) is 0 Å². The quantitative estimate of drug-likeness (QED) is 0.662. The van der Waals surface area contributed by atoms with Crippen LogP contribution in [0.1, 0.15) is 25.7 Å². The fourth-order valence-corrected chi connectivity index (χ4v) is 2.25. The lowest BCUT2D eigenvalue weighted by Crippen LogP contribution is -2.22. The van der Waals surface area contributed by atoms with E-state index in [0.29, 0.717) is 23.7 Å². The third kappa shape index (κ3) is 1.41. The standard InChI is InChI=1S/C10H15N3O/c11-8-7(10(12)14)5-13-9(8)6-3-1-2-4-6/h6H,1-5,11H2,(H2,12,14). The highest BCUT2D eigenvalue weighted by Gasteiger charge is 2.28. The maximum absolute atomic E-state index is 11.0. The van der Waals surface area contributed by atoms with Gasteiger partial charge in [0.15, 0.2) is 0 Å². The van der Waals surface area contributed by atoms with E-state index in [1.807, 2.05) is 0 Å². The van der Waals surface area contributed by atoms with Crippen LogP contribution in [0, 0.1) is 5.92 Å². The van der Waals surface area contributed by atoms with E-state index in [1.165, 1.54) is 12.8 Å². The Bertz CT molecular complexity index is 324. The number of amides is 1. The summed E-state index contributed by atoms with van der Waals surface area (Å²) in [7, 11) is 0. The summed E-state index contributed by atoms with van der Waals surface area (Å²) in [4.78, 5) is 15.3. The molecule has 1 saturated carbocycles. The number of aliphatic imine (C=N–C) groups is 1. The summed E-state index contributed by atoms with van der Waals surface area (Å²) in [6.07, 6.45) is 4.77. The molecule has 4 nitrogen and oxygen atoms in total. The van der Waals surface area contributed by atoms with Crippen LogP contribution in [0.25, 0.3) is 0 Å². The van der Waals surface area contributed by atoms with Gasteiger partial charge in [0.2, 0.25) is 5.91 Å². The summed E-state index contributed by atoms with van der Waals surface area (Å²) in [5, 5.41) is 0. The molecule has 0 radical (unpaired) electrons. The van der Waals surface area contributed by atoms with Crippen molar-refractivity contribution in [3.63, 3.8) is 0 Å². The maximum atomic E-state index is 11.0. The molecule has 1 heterocycles. The van der Waals surface area contributed by atoms with Crippen LogP contribution >= 0.6 is 0 Å². The fourth-order valence-electron chi connectivity index (χ4n) is 2.25. The summed E-state index contributed by atoms with van der Waals surface area (Å²) in [6.45, 7) is 0.382. The molecule has 0 saturated heterocycles. The second kappa shape index (κ2) is 3.44. The minimum Gasteiger partial charge on any atom is -0.397 e. The monoisotopic (exact) mass is 193 g/mol. The molecule has 4 heteroatoms. The molecule has 1 aliphatic heterocycles. The Kier molecular flexibility index (Phi) is 2.27. The number of nitrogens with zero attached hydrogens (tertiary/aromatic N) is 1. The Balaban J connectivity index is 2.18. The Morgan fingerprint density at radius 1 is 1.36 bits per heavy atom. The number of primary amides is 1. The van der Waals surface area contributed by atoms with E-state index < -0.39 is 5.91 Å². The summed E-state index contributed by atoms with van der Waals surface area (Å²) in [5.74, 6) is 0.0334. The molecule has 0 aromatic carbocycles. The van der Waals surface area contributed by atoms with Gasteiger partial charge in [-0.25, -0.2) is 0 Å². The van der Waals surface area contributed by atoms with Crippen molar-refractivity contribution >= 4 is 11.6 Å². The highest BCUT2D eigenvalue weighted by Crippen LogP contribution is 2.30. The third-order valence-electron chi connectivity index (χ3n) is 3.05. The number of allylic oxidation sites excluding steroid dienone is 1. The second-order valence-electron chi connectivity index (χ2n) is 3.94. The van der Waals surface area contributed by atoms with Crippen LogP contribution in [0.5, 0.6) is 0 Å². The van der Waals surface area contributed by atoms with Gasteiger partial charge in [-0.05, 0) is 12.8 Å². The van der Waals surface area contributed by atoms with Crippen molar-refractivity contribution in [3.05, 3.63) is 11.3 Å². The van der Waals surface area contributed by atoms with Gasteiger partial charge in [0.25, 0.3) is 0 Å². The van der Waals surface area contributed by atoms with Gasteiger partial charge in [-0.2, -0.15) is 0 Å². The first kappa shape index (κ1) is 9.24. The number of rotatable bonds is 2. The number of carbonyl (C=O) groups is 1. The van der Waals surface area contributed by atoms with E-state index in [1.54, 1.807) is 0 Å². The van der Waals surface area contributed by atoms with E-state index in [4.69, 9.17) is 11.5 Å². The predicted molar refractivity (Wildman–Crippen MR) is 54.7 cm³/mol. The van der Waals surface area contributed by atoms with E-state index in [-0.39, 0.29) is 0 Å². The molecule has 0 spiro atoms.